The van der Waals surface area contributed by atoms with Crippen LogP contribution in [0.3, 0.4) is 0 Å². The van der Waals surface area contributed by atoms with Crippen molar-refractivity contribution in [2.75, 3.05) is 39.2 Å². The van der Waals surface area contributed by atoms with Gasteiger partial charge in [0.2, 0.25) is 0 Å². The third-order valence-electron chi connectivity index (χ3n) is 6.56. The number of benzene rings is 3. The molecule has 1 amide bonds. The molecule has 182 valence electrons. The summed E-state index contributed by atoms with van der Waals surface area (Å²) in [6.45, 7) is 4.70. The van der Waals surface area contributed by atoms with Crippen molar-refractivity contribution in [2.45, 2.75) is 19.8 Å². The number of hydrogen-bond acceptors (Lipinski definition) is 5. The largest absolute Gasteiger partial charge is 0.493 e. The summed E-state index contributed by atoms with van der Waals surface area (Å²) in [5.41, 5.74) is 3.91. The molecule has 3 aromatic rings. The van der Waals surface area contributed by atoms with Gasteiger partial charge in [0.15, 0.2) is 0 Å². The summed E-state index contributed by atoms with van der Waals surface area (Å²) in [5.74, 6) is 0.383. The molecule has 4 rings (SSSR count). The maximum absolute atomic E-state index is 13.3. The molecule has 1 N–H and O–H groups in total. The number of anilines is 1. The van der Waals surface area contributed by atoms with Crippen molar-refractivity contribution < 1.29 is 19.1 Å². The van der Waals surface area contributed by atoms with E-state index in [1.165, 1.54) is 7.11 Å². The first kappa shape index (κ1) is 24.5. The van der Waals surface area contributed by atoms with Crippen molar-refractivity contribution in [1.29, 1.82) is 0 Å². The number of rotatable bonds is 7. The fourth-order valence-electron chi connectivity index (χ4n) is 4.31. The van der Waals surface area contributed by atoms with E-state index in [1.54, 1.807) is 18.2 Å². The number of aryl methyl sites for hydroxylation is 1. The molecule has 1 heterocycles. The molecular weight excluding hydrogens is 440 g/mol. The predicted molar refractivity (Wildman–Crippen MR) is 138 cm³/mol. The van der Waals surface area contributed by atoms with Crippen LogP contribution >= 0.6 is 0 Å². The number of carbonyl (C=O) groups is 2. The molecule has 1 aliphatic rings. The zero-order valence-electron chi connectivity index (χ0n) is 20.5. The Kier molecular flexibility index (Phi) is 7.83. The van der Waals surface area contributed by atoms with E-state index < -0.39 is 5.97 Å². The Morgan fingerprint density at radius 2 is 1.69 bits per heavy atom. The van der Waals surface area contributed by atoms with E-state index in [0.29, 0.717) is 35.1 Å². The zero-order valence-corrected chi connectivity index (χ0v) is 20.5. The quantitative estimate of drug-likeness (QED) is 0.465. The SMILES string of the molecule is COC(=O)c1ccc(-c2ccccc2)cc1NC(=O)c1cc(OCC2CCN(C)CC2)ccc1C. The number of piperidine rings is 1. The number of nitrogens with zero attached hydrogens (tertiary/aromatic N) is 1. The number of carbonyl (C=O) groups excluding carboxylic acids is 2. The van der Waals surface area contributed by atoms with Crippen LogP contribution in [0.2, 0.25) is 0 Å². The van der Waals surface area contributed by atoms with E-state index in [9.17, 15) is 9.59 Å². The molecule has 1 aliphatic heterocycles. The van der Waals surface area contributed by atoms with Crippen LogP contribution < -0.4 is 10.1 Å². The summed E-state index contributed by atoms with van der Waals surface area (Å²) in [6.07, 6.45) is 2.23. The van der Waals surface area contributed by atoms with Gasteiger partial charge in [0.1, 0.15) is 5.75 Å². The van der Waals surface area contributed by atoms with Gasteiger partial charge < -0.3 is 19.7 Å². The summed E-state index contributed by atoms with van der Waals surface area (Å²) >= 11 is 0. The highest BCUT2D eigenvalue weighted by Crippen LogP contribution is 2.28. The van der Waals surface area contributed by atoms with E-state index in [1.807, 2.05) is 55.5 Å². The lowest BCUT2D eigenvalue weighted by molar-refractivity contribution is 0.0602. The number of hydrogen-bond donors (Lipinski definition) is 1. The fraction of sp³-hybridized carbons (Fsp3) is 0.310. The van der Waals surface area contributed by atoms with Gasteiger partial charge in [-0.15, -0.1) is 0 Å². The first-order valence-corrected chi connectivity index (χ1v) is 12.0. The van der Waals surface area contributed by atoms with Gasteiger partial charge in [-0.2, -0.15) is 0 Å². The van der Waals surface area contributed by atoms with Crippen molar-refractivity contribution >= 4 is 17.6 Å². The lowest BCUT2D eigenvalue weighted by Crippen LogP contribution is -2.32. The van der Waals surface area contributed by atoms with Gasteiger partial charge in [-0.05, 0) is 86.8 Å². The van der Waals surface area contributed by atoms with Crippen molar-refractivity contribution in [3.05, 3.63) is 83.4 Å². The molecule has 1 fully saturated rings. The van der Waals surface area contributed by atoms with Crippen LogP contribution in [-0.4, -0.2) is 50.6 Å². The van der Waals surface area contributed by atoms with Gasteiger partial charge in [-0.3, -0.25) is 4.79 Å². The van der Waals surface area contributed by atoms with Crippen LogP contribution in [0.4, 0.5) is 5.69 Å². The average Bonchev–Trinajstić information content (AvgIpc) is 2.89. The van der Waals surface area contributed by atoms with Gasteiger partial charge in [0.25, 0.3) is 5.91 Å². The highest BCUT2D eigenvalue weighted by Gasteiger charge is 2.19. The Morgan fingerprint density at radius 3 is 2.40 bits per heavy atom. The smallest absolute Gasteiger partial charge is 0.339 e. The fourth-order valence-corrected chi connectivity index (χ4v) is 4.31. The molecule has 6 nitrogen and oxygen atoms in total. The monoisotopic (exact) mass is 472 g/mol. The summed E-state index contributed by atoms with van der Waals surface area (Å²) in [6, 6.07) is 20.7. The number of esters is 1. The molecule has 0 unspecified atom stereocenters. The molecule has 1 saturated heterocycles. The molecule has 3 aromatic carbocycles. The number of likely N-dealkylation sites (tertiary alicyclic amines) is 1. The molecule has 0 aromatic heterocycles. The highest BCUT2D eigenvalue weighted by atomic mass is 16.5. The molecular formula is C29H32N2O4. The van der Waals surface area contributed by atoms with Crippen molar-refractivity contribution in [3.8, 4) is 16.9 Å². The van der Waals surface area contributed by atoms with Crippen molar-refractivity contribution in [2.24, 2.45) is 5.92 Å². The third kappa shape index (κ3) is 6.08. The first-order chi connectivity index (χ1) is 16.9. The lowest BCUT2D eigenvalue weighted by Gasteiger charge is -2.28. The number of amides is 1. The van der Waals surface area contributed by atoms with Crippen LogP contribution in [0, 0.1) is 12.8 Å². The van der Waals surface area contributed by atoms with Crippen LogP contribution in [0.1, 0.15) is 39.1 Å². The standard InChI is InChI=1S/C29H32N2O4/c1-20-9-11-24(35-19-21-13-15-31(2)16-14-21)18-26(20)28(32)30-27-17-23(22-7-5-4-6-8-22)10-12-25(27)29(33)34-3/h4-12,17-18,21H,13-16,19H2,1-3H3,(H,30,32). The van der Waals surface area contributed by atoms with Gasteiger partial charge in [-0.25, -0.2) is 4.79 Å². The zero-order chi connectivity index (χ0) is 24.8. The van der Waals surface area contributed by atoms with Gasteiger partial charge in [-0.1, -0.05) is 42.5 Å². The normalized spacial score (nSPS) is 14.4. The van der Waals surface area contributed by atoms with Gasteiger partial charge >= 0.3 is 5.97 Å². The first-order valence-electron chi connectivity index (χ1n) is 12.0. The van der Waals surface area contributed by atoms with E-state index >= 15 is 0 Å². The van der Waals surface area contributed by atoms with E-state index in [4.69, 9.17) is 9.47 Å². The minimum Gasteiger partial charge on any atom is -0.493 e. The maximum atomic E-state index is 13.3. The molecule has 35 heavy (non-hydrogen) atoms. The second-order valence-electron chi connectivity index (χ2n) is 9.11. The minimum absolute atomic E-state index is 0.299. The Balaban J connectivity index is 1.54. The lowest BCUT2D eigenvalue weighted by atomic mass is 9.98. The molecule has 0 bridgehead atoms. The second kappa shape index (κ2) is 11.2. The molecule has 6 heteroatoms. The van der Waals surface area contributed by atoms with Crippen LogP contribution in [0.15, 0.2) is 66.7 Å². The summed E-state index contributed by atoms with van der Waals surface area (Å²) < 4.78 is 11.0. The Morgan fingerprint density at radius 1 is 0.943 bits per heavy atom. The summed E-state index contributed by atoms with van der Waals surface area (Å²) in [4.78, 5) is 28.0. The summed E-state index contributed by atoms with van der Waals surface area (Å²) in [7, 11) is 3.47. The van der Waals surface area contributed by atoms with Crippen LogP contribution in [0.5, 0.6) is 5.75 Å². The molecule has 0 aliphatic carbocycles. The minimum atomic E-state index is -0.508. The highest BCUT2D eigenvalue weighted by molar-refractivity contribution is 6.09. The van der Waals surface area contributed by atoms with Crippen LogP contribution in [0.25, 0.3) is 11.1 Å². The van der Waals surface area contributed by atoms with E-state index in [0.717, 1.165) is 42.6 Å². The van der Waals surface area contributed by atoms with Crippen molar-refractivity contribution in [3.63, 3.8) is 0 Å². The van der Waals surface area contributed by atoms with Crippen LogP contribution in [-0.2, 0) is 4.74 Å². The van der Waals surface area contributed by atoms with E-state index in [2.05, 4.69) is 17.3 Å². The molecule has 0 spiro atoms. The predicted octanol–water partition coefficient (Wildman–Crippen LogP) is 5.42. The van der Waals surface area contributed by atoms with Gasteiger partial charge in [0.05, 0.1) is 25.0 Å². The van der Waals surface area contributed by atoms with E-state index in [-0.39, 0.29) is 5.91 Å². The topological polar surface area (TPSA) is 67.9 Å². The summed E-state index contributed by atoms with van der Waals surface area (Å²) in [5, 5.41) is 2.93. The number of methoxy groups -OCH3 is 1. The maximum Gasteiger partial charge on any atom is 0.339 e. The van der Waals surface area contributed by atoms with Gasteiger partial charge in [0, 0.05) is 5.56 Å². The Labute approximate surface area is 206 Å². The second-order valence-corrected chi connectivity index (χ2v) is 9.11. The molecule has 0 saturated carbocycles. The average molecular weight is 473 g/mol. The molecule has 0 atom stereocenters. The number of nitrogens with one attached hydrogen (secondary N) is 1. The number of ether oxygens (including phenoxy) is 2. The third-order valence-corrected chi connectivity index (χ3v) is 6.56. The molecule has 0 radical (unpaired) electrons. The Hall–Kier alpha value is -3.64. The van der Waals surface area contributed by atoms with Crippen molar-refractivity contribution in [1.82, 2.24) is 4.90 Å². The Bertz CT molecular complexity index is 1180.